The van der Waals surface area contributed by atoms with E-state index in [0.717, 1.165) is 28.4 Å². The van der Waals surface area contributed by atoms with Crippen molar-refractivity contribution in [3.05, 3.63) is 181 Å². The Morgan fingerprint density at radius 3 is 1.54 bits per heavy atom. The van der Waals surface area contributed by atoms with E-state index in [9.17, 15) is 0 Å². The van der Waals surface area contributed by atoms with Crippen molar-refractivity contribution in [3.8, 4) is 0 Å². The Hall–Kier alpha value is -6.00. The van der Waals surface area contributed by atoms with Gasteiger partial charge in [0.05, 0.1) is 0 Å². The Morgan fingerprint density at radius 2 is 0.920 bits per heavy atom. The molecule has 4 heteroatoms. The lowest BCUT2D eigenvalue weighted by atomic mass is 9.33. The Morgan fingerprint density at radius 1 is 0.420 bits per heavy atom. The first-order chi connectivity index (χ1) is 24.5. The van der Waals surface area contributed by atoms with E-state index in [-0.39, 0.29) is 12.1 Å². The number of fused-ring (bicyclic) bond motifs is 4. The van der Waals surface area contributed by atoms with Crippen LogP contribution in [0.1, 0.15) is 26.3 Å². The van der Waals surface area contributed by atoms with Gasteiger partial charge in [-0.05, 0) is 106 Å². The first-order valence-corrected chi connectivity index (χ1v) is 17.5. The molecule has 240 valence electrons. The first kappa shape index (κ1) is 30.1. The summed E-state index contributed by atoms with van der Waals surface area (Å²) in [6.07, 6.45) is 0. The summed E-state index contributed by atoms with van der Waals surface area (Å²) in [6.45, 7) is 6.91. The molecule has 2 aliphatic heterocycles. The van der Waals surface area contributed by atoms with Gasteiger partial charge in [-0.25, -0.2) is 0 Å². The normalized spacial score (nSPS) is 13.0. The van der Waals surface area contributed by atoms with Gasteiger partial charge in [-0.2, -0.15) is 0 Å². The van der Waals surface area contributed by atoms with Crippen LogP contribution in [0.25, 0.3) is 0 Å². The fourth-order valence-electron chi connectivity index (χ4n) is 7.85. The molecule has 0 bridgehead atoms. The quantitative estimate of drug-likeness (QED) is 0.173. The first-order valence-electron chi connectivity index (χ1n) is 17.5. The predicted octanol–water partition coefficient (Wildman–Crippen LogP) is 10.5. The summed E-state index contributed by atoms with van der Waals surface area (Å²) in [4.78, 5) is 7.29. The molecule has 0 N–H and O–H groups in total. The van der Waals surface area contributed by atoms with Crippen LogP contribution in [0.5, 0.6) is 0 Å². The van der Waals surface area contributed by atoms with E-state index in [1.807, 2.05) is 0 Å². The third kappa shape index (κ3) is 4.90. The van der Waals surface area contributed by atoms with Gasteiger partial charge in [0.2, 0.25) is 0 Å². The van der Waals surface area contributed by atoms with Crippen LogP contribution in [0.2, 0.25) is 0 Å². The highest BCUT2D eigenvalue weighted by Crippen LogP contribution is 2.45. The largest absolute Gasteiger partial charge is 0.311 e. The summed E-state index contributed by atoms with van der Waals surface area (Å²) in [5, 5.41) is 0. The van der Waals surface area contributed by atoms with Gasteiger partial charge in [0.25, 0.3) is 6.71 Å². The van der Waals surface area contributed by atoms with Gasteiger partial charge in [0.15, 0.2) is 0 Å². The van der Waals surface area contributed by atoms with Gasteiger partial charge < -0.3 is 14.7 Å². The van der Waals surface area contributed by atoms with Crippen LogP contribution in [-0.2, 0) is 5.41 Å². The van der Waals surface area contributed by atoms with Gasteiger partial charge in [0.1, 0.15) is 0 Å². The van der Waals surface area contributed by atoms with Gasteiger partial charge >= 0.3 is 0 Å². The van der Waals surface area contributed by atoms with Gasteiger partial charge in [-0.1, -0.05) is 118 Å². The van der Waals surface area contributed by atoms with Crippen LogP contribution in [0.15, 0.2) is 176 Å². The lowest BCUT2D eigenvalue weighted by Gasteiger charge is -2.44. The Balaban J connectivity index is 1.31. The fraction of sp³-hybridized carbons (Fsp3) is 0.0870. The zero-order chi connectivity index (χ0) is 33.8. The molecular formula is C46H38BN3. The smallest absolute Gasteiger partial charge is 0.252 e. The number of rotatable bonds is 5. The minimum atomic E-state index is 0.0638. The average Bonchev–Trinajstić information content (AvgIpc) is 3.16. The van der Waals surface area contributed by atoms with Crippen LogP contribution in [0.4, 0.5) is 51.2 Å². The topological polar surface area (TPSA) is 9.72 Å². The number of benzene rings is 7. The highest BCUT2D eigenvalue weighted by molar-refractivity contribution is 7.00. The second-order valence-electron chi connectivity index (χ2n) is 14.3. The van der Waals surface area contributed by atoms with E-state index < -0.39 is 0 Å². The molecule has 0 saturated heterocycles. The fourth-order valence-corrected chi connectivity index (χ4v) is 7.85. The molecule has 0 unspecified atom stereocenters. The monoisotopic (exact) mass is 643 g/mol. The molecule has 0 atom stereocenters. The second-order valence-corrected chi connectivity index (χ2v) is 14.3. The molecule has 0 aliphatic carbocycles. The summed E-state index contributed by atoms with van der Waals surface area (Å²) < 4.78 is 0. The molecule has 9 rings (SSSR count). The molecule has 0 spiro atoms. The SMILES string of the molecule is CC(C)(C)c1ccc(N2c3cc(N(c4ccccc4)c4ccccc4)ccc3B3c4ccccc4N(c4ccccc4)c4cccc2c43)cc1. The minimum Gasteiger partial charge on any atom is -0.311 e. The third-order valence-electron chi connectivity index (χ3n) is 10.2. The van der Waals surface area contributed by atoms with Crippen molar-refractivity contribution in [2.24, 2.45) is 0 Å². The van der Waals surface area contributed by atoms with Gasteiger partial charge in [-0.15, -0.1) is 0 Å². The zero-order valence-electron chi connectivity index (χ0n) is 28.7. The Bertz CT molecular complexity index is 2270. The highest BCUT2D eigenvalue weighted by atomic mass is 15.2. The van der Waals surface area contributed by atoms with E-state index in [1.54, 1.807) is 0 Å². The van der Waals surface area contributed by atoms with Crippen molar-refractivity contribution in [2.75, 3.05) is 14.7 Å². The van der Waals surface area contributed by atoms with Crippen LogP contribution < -0.4 is 31.1 Å². The molecule has 0 fully saturated rings. The zero-order valence-corrected chi connectivity index (χ0v) is 28.7. The van der Waals surface area contributed by atoms with Crippen LogP contribution in [0, 0.1) is 0 Å². The Labute approximate surface area is 295 Å². The van der Waals surface area contributed by atoms with E-state index in [4.69, 9.17) is 0 Å². The average molecular weight is 644 g/mol. The standard InChI is InChI=1S/C46H38BN3/c1-46(2,3)33-26-28-37(29-27-33)50-43-25-15-24-42-45(43)47(39-22-13-14-23-41(39)49(42)36-20-11-6-12-21-36)40-31-30-38(32-44(40)50)48(34-16-7-4-8-17-34)35-18-9-5-10-19-35/h4-32H,1-3H3. The van der Waals surface area contributed by atoms with E-state index in [2.05, 4.69) is 211 Å². The number of nitrogens with zero attached hydrogens (tertiary/aromatic N) is 3. The second kappa shape index (κ2) is 11.9. The van der Waals surface area contributed by atoms with Crippen LogP contribution in [-0.4, -0.2) is 6.71 Å². The minimum absolute atomic E-state index is 0.0638. The summed E-state index contributed by atoms with van der Waals surface area (Å²) in [6, 6.07) is 64.2. The summed E-state index contributed by atoms with van der Waals surface area (Å²) in [5.41, 5.74) is 15.9. The maximum Gasteiger partial charge on any atom is 0.252 e. The van der Waals surface area contributed by atoms with Crippen LogP contribution in [0.3, 0.4) is 0 Å². The van der Waals surface area contributed by atoms with E-state index in [0.29, 0.717) is 0 Å². The summed E-state index contributed by atoms with van der Waals surface area (Å²) in [5.74, 6) is 0. The molecular weight excluding hydrogens is 605 g/mol. The molecule has 0 amide bonds. The molecule has 3 nitrogen and oxygen atoms in total. The highest BCUT2D eigenvalue weighted by Gasteiger charge is 2.43. The van der Waals surface area contributed by atoms with Crippen LogP contribution >= 0.6 is 0 Å². The lowest BCUT2D eigenvalue weighted by Crippen LogP contribution is -2.61. The molecule has 0 aromatic heterocycles. The molecule has 7 aromatic carbocycles. The molecule has 2 aliphatic rings. The van der Waals surface area contributed by atoms with Crippen molar-refractivity contribution >= 4 is 74.3 Å². The Kier molecular flexibility index (Phi) is 7.13. The number of anilines is 9. The molecule has 50 heavy (non-hydrogen) atoms. The number of para-hydroxylation sites is 4. The van der Waals surface area contributed by atoms with Crippen molar-refractivity contribution in [3.63, 3.8) is 0 Å². The molecule has 0 saturated carbocycles. The van der Waals surface area contributed by atoms with Crippen molar-refractivity contribution in [2.45, 2.75) is 26.2 Å². The van der Waals surface area contributed by atoms with Crippen molar-refractivity contribution < 1.29 is 0 Å². The molecule has 7 aromatic rings. The number of hydrogen-bond acceptors (Lipinski definition) is 3. The lowest BCUT2D eigenvalue weighted by molar-refractivity contribution is 0.590. The van der Waals surface area contributed by atoms with E-state index in [1.165, 1.54) is 44.7 Å². The third-order valence-corrected chi connectivity index (χ3v) is 10.2. The summed E-state index contributed by atoms with van der Waals surface area (Å²) in [7, 11) is 0. The molecule has 0 radical (unpaired) electrons. The maximum absolute atomic E-state index is 2.49. The summed E-state index contributed by atoms with van der Waals surface area (Å²) >= 11 is 0. The van der Waals surface area contributed by atoms with Gasteiger partial charge in [-0.3, -0.25) is 0 Å². The predicted molar refractivity (Wildman–Crippen MR) is 214 cm³/mol. The maximum atomic E-state index is 2.49. The molecule has 2 heterocycles. The van der Waals surface area contributed by atoms with Gasteiger partial charge in [0, 0.05) is 51.2 Å². The number of hydrogen-bond donors (Lipinski definition) is 0. The van der Waals surface area contributed by atoms with Crippen molar-refractivity contribution in [1.82, 2.24) is 0 Å². The van der Waals surface area contributed by atoms with E-state index >= 15 is 0 Å². The van der Waals surface area contributed by atoms with Crippen molar-refractivity contribution in [1.29, 1.82) is 0 Å².